The summed E-state index contributed by atoms with van der Waals surface area (Å²) in [7, 11) is 0. The summed E-state index contributed by atoms with van der Waals surface area (Å²) in [6.07, 6.45) is 0.712. The maximum absolute atomic E-state index is 13.4. The highest BCUT2D eigenvalue weighted by molar-refractivity contribution is 9.10. The van der Waals surface area contributed by atoms with E-state index in [1.54, 1.807) is 6.07 Å². The Morgan fingerprint density at radius 2 is 2.00 bits per heavy atom. The highest BCUT2D eigenvalue weighted by Crippen LogP contribution is 2.17. The molecule has 0 heterocycles. The van der Waals surface area contributed by atoms with Gasteiger partial charge < -0.3 is 5.32 Å². The fourth-order valence-corrected chi connectivity index (χ4v) is 2.07. The van der Waals surface area contributed by atoms with E-state index in [4.69, 9.17) is 0 Å². The normalized spacial score (nSPS) is 13.2. The molecule has 1 unspecified atom stereocenters. The van der Waals surface area contributed by atoms with E-state index in [9.17, 15) is 4.39 Å². The third-order valence-electron chi connectivity index (χ3n) is 2.15. The van der Waals surface area contributed by atoms with Gasteiger partial charge in [-0.3, -0.25) is 0 Å². The molecule has 0 aliphatic heterocycles. The molecule has 0 bridgehead atoms. The maximum Gasteiger partial charge on any atom is 0.126 e. The van der Waals surface area contributed by atoms with Crippen LogP contribution in [0.15, 0.2) is 22.7 Å². The summed E-state index contributed by atoms with van der Waals surface area (Å²) in [5, 5.41) is 3.36. The fraction of sp³-hybridized carbons (Fsp3) is 0.500. The van der Waals surface area contributed by atoms with E-state index in [2.05, 4.69) is 42.0 Å². The average molecular weight is 274 g/mol. The van der Waals surface area contributed by atoms with Crippen molar-refractivity contribution >= 4 is 15.9 Å². The van der Waals surface area contributed by atoms with Gasteiger partial charge in [-0.1, -0.05) is 29.8 Å². The van der Waals surface area contributed by atoms with Crippen LogP contribution in [0.1, 0.15) is 26.3 Å². The van der Waals surface area contributed by atoms with Crippen LogP contribution in [0.3, 0.4) is 0 Å². The van der Waals surface area contributed by atoms with Gasteiger partial charge in [-0.25, -0.2) is 4.39 Å². The highest BCUT2D eigenvalue weighted by atomic mass is 79.9. The second kappa shape index (κ2) is 5.61. The van der Waals surface area contributed by atoms with E-state index >= 15 is 0 Å². The topological polar surface area (TPSA) is 12.0 Å². The molecule has 0 aliphatic carbocycles. The first kappa shape index (κ1) is 12.7. The van der Waals surface area contributed by atoms with Crippen LogP contribution in [0.2, 0.25) is 0 Å². The van der Waals surface area contributed by atoms with Crippen molar-refractivity contribution in [2.24, 2.45) is 0 Å². The number of benzene rings is 1. The van der Waals surface area contributed by atoms with Gasteiger partial charge in [0.1, 0.15) is 5.82 Å². The molecule has 3 heteroatoms. The zero-order valence-corrected chi connectivity index (χ0v) is 10.9. The zero-order valence-electron chi connectivity index (χ0n) is 9.35. The quantitative estimate of drug-likeness (QED) is 0.885. The molecule has 0 aliphatic rings. The molecule has 0 aromatic heterocycles. The molecule has 0 amide bonds. The first-order valence-electron chi connectivity index (χ1n) is 5.19. The van der Waals surface area contributed by atoms with E-state index in [0.29, 0.717) is 12.5 Å². The minimum Gasteiger partial charge on any atom is -0.312 e. The molecule has 0 spiro atoms. The Bertz CT molecular complexity index is 325. The van der Waals surface area contributed by atoms with Crippen molar-refractivity contribution < 1.29 is 4.39 Å². The van der Waals surface area contributed by atoms with Gasteiger partial charge in [0.15, 0.2) is 0 Å². The molecule has 0 saturated carbocycles. The van der Waals surface area contributed by atoms with Gasteiger partial charge in [0.25, 0.3) is 0 Å². The number of hydrogen-bond donors (Lipinski definition) is 1. The Balaban J connectivity index is 2.67. The third kappa shape index (κ3) is 4.31. The number of halogens is 2. The molecule has 1 aromatic rings. The standard InChI is InChI=1S/C12H17BrFN/c1-8(2)15-9(3)6-10-7-11(13)4-5-12(10)14/h4-5,7-9,15H,6H2,1-3H3. The third-order valence-corrected chi connectivity index (χ3v) is 2.64. The summed E-state index contributed by atoms with van der Waals surface area (Å²) in [4.78, 5) is 0. The lowest BCUT2D eigenvalue weighted by atomic mass is 10.1. The molecule has 84 valence electrons. The van der Waals surface area contributed by atoms with Crippen molar-refractivity contribution in [2.75, 3.05) is 0 Å². The Labute approximate surface area is 99.2 Å². The van der Waals surface area contributed by atoms with Crippen LogP contribution in [-0.2, 0) is 6.42 Å². The van der Waals surface area contributed by atoms with Crippen LogP contribution < -0.4 is 5.32 Å². The van der Waals surface area contributed by atoms with E-state index in [1.807, 2.05) is 6.07 Å². The van der Waals surface area contributed by atoms with Crippen LogP contribution in [-0.4, -0.2) is 12.1 Å². The van der Waals surface area contributed by atoms with Crippen molar-refractivity contribution in [3.05, 3.63) is 34.1 Å². The Hall–Kier alpha value is -0.410. The van der Waals surface area contributed by atoms with Crippen molar-refractivity contribution in [1.29, 1.82) is 0 Å². The van der Waals surface area contributed by atoms with E-state index in [-0.39, 0.29) is 11.9 Å². The minimum atomic E-state index is -0.129. The smallest absolute Gasteiger partial charge is 0.126 e. The number of nitrogens with one attached hydrogen (secondary N) is 1. The molecule has 1 aromatic carbocycles. The lowest BCUT2D eigenvalue weighted by molar-refractivity contribution is 0.478. The van der Waals surface area contributed by atoms with Crippen molar-refractivity contribution in [3.63, 3.8) is 0 Å². The first-order chi connectivity index (χ1) is 6.99. The fourth-order valence-electron chi connectivity index (χ4n) is 1.66. The van der Waals surface area contributed by atoms with Crippen molar-refractivity contribution in [2.45, 2.75) is 39.3 Å². The average Bonchev–Trinajstić information content (AvgIpc) is 2.10. The van der Waals surface area contributed by atoms with E-state index in [0.717, 1.165) is 10.0 Å². The first-order valence-corrected chi connectivity index (χ1v) is 5.98. The van der Waals surface area contributed by atoms with Crippen LogP contribution in [0.5, 0.6) is 0 Å². The van der Waals surface area contributed by atoms with E-state index < -0.39 is 0 Å². The summed E-state index contributed by atoms with van der Waals surface area (Å²) in [6.45, 7) is 6.25. The second-order valence-electron chi connectivity index (χ2n) is 4.16. The van der Waals surface area contributed by atoms with Gasteiger partial charge in [-0.15, -0.1) is 0 Å². The monoisotopic (exact) mass is 273 g/mol. The van der Waals surface area contributed by atoms with Gasteiger partial charge in [0.05, 0.1) is 0 Å². The van der Waals surface area contributed by atoms with E-state index in [1.165, 1.54) is 6.07 Å². The predicted octanol–water partition coefficient (Wildman–Crippen LogP) is 3.52. The molecular weight excluding hydrogens is 257 g/mol. The largest absolute Gasteiger partial charge is 0.312 e. The van der Waals surface area contributed by atoms with Crippen molar-refractivity contribution in [3.8, 4) is 0 Å². The summed E-state index contributed by atoms with van der Waals surface area (Å²) in [5.41, 5.74) is 0.755. The zero-order chi connectivity index (χ0) is 11.4. The van der Waals surface area contributed by atoms with Crippen molar-refractivity contribution in [1.82, 2.24) is 5.32 Å². The molecular formula is C12H17BrFN. The summed E-state index contributed by atoms with van der Waals surface area (Å²) in [5.74, 6) is -0.129. The Morgan fingerprint density at radius 1 is 1.33 bits per heavy atom. The molecule has 0 saturated heterocycles. The summed E-state index contributed by atoms with van der Waals surface area (Å²) >= 11 is 3.35. The van der Waals surface area contributed by atoms with Crippen LogP contribution >= 0.6 is 15.9 Å². The maximum atomic E-state index is 13.4. The van der Waals surface area contributed by atoms with Crippen LogP contribution in [0, 0.1) is 5.82 Å². The Morgan fingerprint density at radius 3 is 2.60 bits per heavy atom. The molecule has 1 nitrogen and oxygen atoms in total. The van der Waals surface area contributed by atoms with Gasteiger partial charge in [0, 0.05) is 16.6 Å². The molecule has 1 rings (SSSR count). The predicted molar refractivity (Wildman–Crippen MR) is 65.5 cm³/mol. The number of hydrogen-bond acceptors (Lipinski definition) is 1. The summed E-state index contributed by atoms with van der Waals surface area (Å²) in [6, 6.07) is 5.78. The van der Waals surface area contributed by atoms with Crippen LogP contribution in [0.25, 0.3) is 0 Å². The van der Waals surface area contributed by atoms with Gasteiger partial charge in [-0.05, 0) is 37.1 Å². The SMILES string of the molecule is CC(C)NC(C)Cc1cc(Br)ccc1F. The lowest BCUT2D eigenvalue weighted by Gasteiger charge is -2.17. The summed E-state index contributed by atoms with van der Waals surface area (Å²) < 4.78 is 14.3. The second-order valence-corrected chi connectivity index (χ2v) is 5.08. The molecule has 1 N–H and O–H groups in total. The molecule has 15 heavy (non-hydrogen) atoms. The highest BCUT2D eigenvalue weighted by Gasteiger charge is 2.08. The van der Waals surface area contributed by atoms with Crippen LogP contribution in [0.4, 0.5) is 4.39 Å². The van der Waals surface area contributed by atoms with Gasteiger partial charge in [-0.2, -0.15) is 0 Å². The lowest BCUT2D eigenvalue weighted by Crippen LogP contribution is -2.34. The molecule has 0 radical (unpaired) electrons. The van der Waals surface area contributed by atoms with Gasteiger partial charge in [0.2, 0.25) is 0 Å². The van der Waals surface area contributed by atoms with Gasteiger partial charge >= 0.3 is 0 Å². The molecule has 0 fully saturated rings. The molecule has 1 atom stereocenters. The Kier molecular flexibility index (Phi) is 4.74. The minimum absolute atomic E-state index is 0.129. The number of rotatable bonds is 4.